The molecule has 1 aliphatic heterocycles. The molecule has 1 saturated heterocycles. The Kier molecular flexibility index (Phi) is 8.48. The monoisotopic (exact) mass is 638 g/mol. The summed E-state index contributed by atoms with van der Waals surface area (Å²) >= 11 is 15.8. The third kappa shape index (κ3) is 5.89. The van der Waals surface area contributed by atoms with Crippen molar-refractivity contribution in [2.75, 3.05) is 31.1 Å². The van der Waals surface area contributed by atoms with Gasteiger partial charge in [-0.1, -0.05) is 65.3 Å². The van der Waals surface area contributed by atoms with Crippen molar-refractivity contribution in [1.29, 1.82) is 0 Å². The number of aromatic nitrogens is 4. The highest BCUT2D eigenvalue weighted by Crippen LogP contribution is 2.35. The Balaban J connectivity index is 1.18. The van der Waals surface area contributed by atoms with Crippen LogP contribution in [0.2, 0.25) is 10.0 Å². The number of carbonyl (C=O) groups excluding carboxylic acids is 1. The lowest BCUT2D eigenvalue weighted by atomic mass is 10.1. The number of hydrogen-bond acceptors (Lipinski definition) is 7. The minimum atomic E-state index is -0.251. The Morgan fingerprint density at radius 3 is 2.52 bits per heavy atom. The van der Waals surface area contributed by atoms with Crippen LogP contribution in [-0.2, 0) is 5.75 Å². The van der Waals surface area contributed by atoms with Gasteiger partial charge in [-0.05, 0) is 48.9 Å². The van der Waals surface area contributed by atoms with Crippen molar-refractivity contribution >= 4 is 57.9 Å². The lowest BCUT2D eigenvalue weighted by Gasteiger charge is -2.35. The van der Waals surface area contributed by atoms with E-state index in [4.69, 9.17) is 23.2 Å². The number of carbonyl (C=O) groups is 1. The minimum Gasteiger partial charge on any atom is -0.366 e. The van der Waals surface area contributed by atoms with Gasteiger partial charge < -0.3 is 9.80 Å². The molecule has 1 aliphatic rings. The number of halogens is 3. The van der Waals surface area contributed by atoms with Crippen LogP contribution in [0.3, 0.4) is 0 Å². The topological polar surface area (TPSA) is 67.2 Å². The van der Waals surface area contributed by atoms with Crippen molar-refractivity contribution in [3.05, 3.63) is 104 Å². The zero-order valence-corrected chi connectivity index (χ0v) is 25.7. The van der Waals surface area contributed by atoms with Gasteiger partial charge in [0.1, 0.15) is 16.5 Å². The molecule has 0 spiro atoms. The van der Waals surface area contributed by atoms with E-state index in [1.54, 1.807) is 22.4 Å². The molecule has 2 aromatic heterocycles. The Morgan fingerprint density at radius 2 is 1.74 bits per heavy atom. The quantitative estimate of drug-likeness (QED) is 0.173. The number of hydrogen-bond donors (Lipinski definition) is 0. The molecular formula is C30H25Cl2FN6OS2. The predicted octanol–water partition coefficient (Wildman–Crippen LogP) is 7.40. The van der Waals surface area contributed by atoms with Crippen LogP contribution in [0.4, 0.5) is 10.1 Å². The molecule has 1 amide bonds. The zero-order chi connectivity index (χ0) is 29.2. The number of piperazine rings is 1. The summed E-state index contributed by atoms with van der Waals surface area (Å²) in [6.07, 6.45) is 0. The van der Waals surface area contributed by atoms with Gasteiger partial charge in [-0.2, -0.15) is 0 Å². The second-order valence-corrected chi connectivity index (χ2v) is 12.4. The average molecular weight is 640 g/mol. The summed E-state index contributed by atoms with van der Waals surface area (Å²) in [4.78, 5) is 21.6. The van der Waals surface area contributed by atoms with Gasteiger partial charge in [-0.25, -0.2) is 9.37 Å². The normalized spacial score (nSPS) is 13.5. The van der Waals surface area contributed by atoms with Gasteiger partial charge in [-0.15, -0.1) is 21.5 Å². The zero-order valence-electron chi connectivity index (χ0n) is 22.5. The summed E-state index contributed by atoms with van der Waals surface area (Å²) in [5.41, 5.74) is 3.60. The summed E-state index contributed by atoms with van der Waals surface area (Å²) in [5, 5.41) is 13.4. The number of thiazole rings is 1. The standard InChI is InChI=1S/C30H25Cl2FN6OS2/c1-19-10-11-20(31)16-26(19)39-28(21-6-2-3-7-22(21)32)35-36-30(39)42-18-27-34-24(17-41-27)29(40)38-14-12-37(13-15-38)25-9-5-4-8-23(25)33/h2-11,16-17H,12-15,18H2,1H3. The van der Waals surface area contributed by atoms with Crippen LogP contribution < -0.4 is 4.90 Å². The van der Waals surface area contributed by atoms with Crippen LogP contribution in [0.1, 0.15) is 21.1 Å². The van der Waals surface area contributed by atoms with Crippen LogP contribution in [0, 0.1) is 12.7 Å². The number of benzene rings is 3. The van der Waals surface area contributed by atoms with Crippen molar-refractivity contribution in [2.24, 2.45) is 0 Å². The average Bonchev–Trinajstić information content (AvgIpc) is 3.65. The Bertz CT molecular complexity index is 1750. The molecule has 0 aliphatic carbocycles. The first-order chi connectivity index (χ1) is 20.4. The molecule has 0 radical (unpaired) electrons. The second kappa shape index (κ2) is 12.4. The summed E-state index contributed by atoms with van der Waals surface area (Å²) < 4.78 is 16.2. The second-order valence-electron chi connectivity index (χ2n) is 9.70. The largest absolute Gasteiger partial charge is 0.366 e. The maximum atomic E-state index is 14.2. The molecule has 6 rings (SSSR count). The van der Waals surface area contributed by atoms with Crippen LogP contribution in [-0.4, -0.2) is 56.7 Å². The third-order valence-corrected chi connectivity index (χ3v) is 9.55. The molecule has 3 heterocycles. The maximum absolute atomic E-state index is 14.2. The molecule has 0 unspecified atom stereocenters. The fourth-order valence-electron chi connectivity index (χ4n) is 4.84. The Morgan fingerprint density at radius 1 is 0.976 bits per heavy atom. The van der Waals surface area contributed by atoms with E-state index in [0.717, 1.165) is 21.8 Å². The van der Waals surface area contributed by atoms with Crippen LogP contribution in [0.25, 0.3) is 17.1 Å². The highest BCUT2D eigenvalue weighted by molar-refractivity contribution is 7.98. The number of nitrogens with zero attached hydrogens (tertiary/aromatic N) is 6. The van der Waals surface area contributed by atoms with Gasteiger partial charge in [0.2, 0.25) is 0 Å². The van der Waals surface area contributed by atoms with E-state index in [0.29, 0.717) is 64.3 Å². The smallest absolute Gasteiger partial charge is 0.273 e. The van der Waals surface area contributed by atoms with Crippen molar-refractivity contribution in [2.45, 2.75) is 17.8 Å². The van der Waals surface area contributed by atoms with Crippen molar-refractivity contribution < 1.29 is 9.18 Å². The van der Waals surface area contributed by atoms with E-state index in [9.17, 15) is 9.18 Å². The summed E-state index contributed by atoms with van der Waals surface area (Å²) in [5.74, 6) is 0.742. The fraction of sp³-hybridized carbons (Fsp3) is 0.200. The summed E-state index contributed by atoms with van der Waals surface area (Å²) in [6, 6.07) is 19.9. The Hall–Kier alpha value is -3.44. The number of para-hydroxylation sites is 1. The van der Waals surface area contributed by atoms with Gasteiger partial charge in [0.05, 0.1) is 22.2 Å². The molecule has 7 nitrogen and oxygen atoms in total. The Labute approximate surface area is 260 Å². The van der Waals surface area contributed by atoms with E-state index in [1.807, 2.05) is 64.9 Å². The SMILES string of the molecule is Cc1ccc(Cl)cc1-n1c(SCc2nc(C(=O)N3CCN(c4ccccc4F)CC3)cs2)nnc1-c1ccccc1Cl. The number of anilines is 1. The van der Waals surface area contributed by atoms with Crippen molar-refractivity contribution in [3.63, 3.8) is 0 Å². The molecule has 0 atom stereocenters. The molecule has 12 heteroatoms. The number of amides is 1. The predicted molar refractivity (Wildman–Crippen MR) is 168 cm³/mol. The van der Waals surface area contributed by atoms with Crippen molar-refractivity contribution in [1.82, 2.24) is 24.6 Å². The van der Waals surface area contributed by atoms with E-state index in [2.05, 4.69) is 15.2 Å². The summed E-state index contributed by atoms with van der Waals surface area (Å²) in [6.45, 7) is 4.13. The first-order valence-corrected chi connectivity index (χ1v) is 15.8. The maximum Gasteiger partial charge on any atom is 0.273 e. The molecule has 0 saturated carbocycles. The van der Waals surface area contributed by atoms with Gasteiger partial charge in [0.15, 0.2) is 11.0 Å². The molecule has 214 valence electrons. The summed E-state index contributed by atoms with van der Waals surface area (Å²) in [7, 11) is 0. The highest BCUT2D eigenvalue weighted by atomic mass is 35.5. The molecule has 0 bridgehead atoms. The van der Waals surface area contributed by atoms with Gasteiger partial charge in [0, 0.05) is 42.1 Å². The molecule has 3 aromatic carbocycles. The van der Waals surface area contributed by atoms with Gasteiger partial charge in [-0.3, -0.25) is 9.36 Å². The van der Waals surface area contributed by atoms with E-state index >= 15 is 0 Å². The highest BCUT2D eigenvalue weighted by Gasteiger charge is 2.26. The number of aryl methyl sites for hydroxylation is 1. The molecular weight excluding hydrogens is 614 g/mol. The lowest BCUT2D eigenvalue weighted by Crippen LogP contribution is -2.49. The molecule has 0 N–H and O–H groups in total. The van der Waals surface area contributed by atoms with Gasteiger partial charge in [0.25, 0.3) is 5.91 Å². The third-order valence-electron chi connectivity index (χ3n) is 7.02. The molecule has 42 heavy (non-hydrogen) atoms. The molecule has 5 aromatic rings. The number of thioether (sulfide) groups is 1. The van der Waals surface area contributed by atoms with E-state index in [-0.39, 0.29) is 11.7 Å². The van der Waals surface area contributed by atoms with Gasteiger partial charge >= 0.3 is 0 Å². The first kappa shape index (κ1) is 28.7. The van der Waals surface area contributed by atoms with Crippen molar-refractivity contribution in [3.8, 4) is 17.1 Å². The van der Waals surface area contributed by atoms with E-state index in [1.165, 1.54) is 29.2 Å². The van der Waals surface area contributed by atoms with Crippen LogP contribution in [0.5, 0.6) is 0 Å². The fourth-order valence-corrected chi connectivity index (χ4v) is 6.96. The van der Waals surface area contributed by atoms with Crippen LogP contribution in [0.15, 0.2) is 77.3 Å². The minimum absolute atomic E-state index is 0.116. The number of rotatable bonds is 7. The van der Waals surface area contributed by atoms with Crippen LogP contribution >= 0.6 is 46.3 Å². The lowest BCUT2D eigenvalue weighted by molar-refractivity contribution is 0.0741. The van der Waals surface area contributed by atoms with E-state index < -0.39 is 0 Å². The molecule has 1 fully saturated rings. The first-order valence-electron chi connectivity index (χ1n) is 13.2.